The number of likely N-dealkylation sites (tertiary alicyclic amines) is 1. The summed E-state index contributed by atoms with van der Waals surface area (Å²) in [5.41, 5.74) is 2.61. The van der Waals surface area contributed by atoms with Crippen LogP contribution in [0.5, 0.6) is 11.5 Å². The highest BCUT2D eigenvalue weighted by Gasteiger charge is 2.40. The van der Waals surface area contributed by atoms with Crippen molar-refractivity contribution in [3.05, 3.63) is 17.7 Å². The van der Waals surface area contributed by atoms with Crippen molar-refractivity contribution in [3.63, 3.8) is 0 Å². The van der Waals surface area contributed by atoms with E-state index in [9.17, 15) is 0 Å². The zero-order valence-corrected chi connectivity index (χ0v) is 13.5. The molecule has 4 nitrogen and oxygen atoms in total. The normalized spacial score (nSPS) is 28.3. The van der Waals surface area contributed by atoms with Crippen LogP contribution in [-0.2, 0) is 5.41 Å². The van der Waals surface area contributed by atoms with Crippen LogP contribution in [0.4, 0.5) is 5.69 Å². The molecule has 1 saturated heterocycles. The van der Waals surface area contributed by atoms with E-state index in [1.54, 1.807) is 14.2 Å². The molecule has 3 rings (SSSR count). The highest BCUT2D eigenvalue weighted by molar-refractivity contribution is 5.70. The van der Waals surface area contributed by atoms with Crippen molar-refractivity contribution in [2.24, 2.45) is 0 Å². The zero-order chi connectivity index (χ0) is 15.0. The third-order valence-corrected chi connectivity index (χ3v) is 5.19. The highest BCUT2D eigenvalue weighted by atomic mass is 16.5. The topological polar surface area (TPSA) is 33.7 Å². The molecule has 0 aromatic heterocycles. The average Bonchev–Trinajstić information content (AvgIpc) is 3.03. The molecule has 1 aromatic rings. The number of methoxy groups -OCH3 is 2. The van der Waals surface area contributed by atoms with Gasteiger partial charge in [0.05, 0.1) is 19.9 Å². The molecule has 0 aliphatic carbocycles. The smallest absolute Gasteiger partial charge is 0.145 e. The van der Waals surface area contributed by atoms with E-state index in [0.717, 1.165) is 23.7 Å². The van der Waals surface area contributed by atoms with Gasteiger partial charge >= 0.3 is 0 Å². The molecule has 2 heterocycles. The molecule has 1 unspecified atom stereocenters. The lowest BCUT2D eigenvalue weighted by Gasteiger charge is -2.31. The summed E-state index contributed by atoms with van der Waals surface area (Å²) in [4.78, 5) is 2.50. The quantitative estimate of drug-likeness (QED) is 0.924. The Labute approximate surface area is 128 Å². The lowest BCUT2D eigenvalue weighted by Crippen LogP contribution is -2.35. The molecular weight excluding hydrogens is 264 g/mol. The van der Waals surface area contributed by atoms with Crippen molar-refractivity contribution < 1.29 is 10.9 Å². The van der Waals surface area contributed by atoms with E-state index in [4.69, 9.17) is 9.47 Å². The van der Waals surface area contributed by atoms with Crippen LogP contribution in [0, 0.1) is 0 Å². The summed E-state index contributed by atoms with van der Waals surface area (Å²) in [5.74, 6) is 1.76. The van der Waals surface area contributed by atoms with Gasteiger partial charge in [-0.1, -0.05) is 6.92 Å². The van der Waals surface area contributed by atoms with Gasteiger partial charge in [-0.3, -0.25) is 0 Å². The van der Waals surface area contributed by atoms with Gasteiger partial charge in [0.25, 0.3) is 0 Å². The summed E-state index contributed by atoms with van der Waals surface area (Å²) in [6.07, 6.45) is 3.81. The fraction of sp³-hybridized carbons (Fsp3) is 0.647. The van der Waals surface area contributed by atoms with Crippen molar-refractivity contribution in [1.29, 1.82) is 0 Å². The molecule has 0 saturated carbocycles. The third kappa shape index (κ3) is 2.46. The number of ether oxygens (including phenoxy) is 2. The number of hydrogen-bond donors (Lipinski definition) is 1. The maximum absolute atomic E-state index is 5.53. The molecule has 118 valence electrons. The minimum atomic E-state index is 0. The van der Waals surface area contributed by atoms with Gasteiger partial charge in [-0.2, -0.15) is 0 Å². The fourth-order valence-corrected chi connectivity index (χ4v) is 3.85. The van der Waals surface area contributed by atoms with Gasteiger partial charge in [-0.05, 0) is 44.5 Å². The summed E-state index contributed by atoms with van der Waals surface area (Å²) < 4.78 is 11.0. The largest absolute Gasteiger partial charge is 0.497 e. The summed E-state index contributed by atoms with van der Waals surface area (Å²) >= 11 is 0. The van der Waals surface area contributed by atoms with Crippen LogP contribution in [0.3, 0.4) is 0 Å². The second-order valence-electron chi connectivity index (χ2n) is 6.65. The second kappa shape index (κ2) is 5.41. The monoisotopic (exact) mass is 292 g/mol. The fourth-order valence-electron chi connectivity index (χ4n) is 3.85. The summed E-state index contributed by atoms with van der Waals surface area (Å²) in [6.45, 7) is 4.55. The third-order valence-electron chi connectivity index (χ3n) is 5.19. The summed E-state index contributed by atoms with van der Waals surface area (Å²) in [5, 5.41) is 3.55. The summed E-state index contributed by atoms with van der Waals surface area (Å²) in [6, 6.07) is 4.81. The van der Waals surface area contributed by atoms with Crippen LogP contribution in [0.2, 0.25) is 0 Å². The van der Waals surface area contributed by atoms with E-state index in [0.29, 0.717) is 6.04 Å². The molecule has 2 aliphatic heterocycles. The Balaban J connectivity index is 0.00000176. The van der Waals surface area contributed by atoms with E-state index >= 15 is 0 Å². The number of benzene rings is 1. The molecule has 1 aromatic carbocycles. The number of nitrogens with zero attached hydrogens (tertiary/aromatic N) is 1. The molecular formula is C17H28N2O2. The Morgan fingerprint density at radius 3 is 2.81 bits per heavy atom. The van der Waals surface area contributed by atoms with Gasteiger partial charge in [-0.25, -0.2) is 0 Å². The number of anilines is 1. The van der Waals surface area contributed by atoms with Crippen molar-refractivity contribution in [1.82, 2.24) is 4.90 Å². The molecule has 21 heavy (non-hydrogen) atoms. The van der Waals surface area contributed by atoms with Crippen molar-refractivity contribution in [3.8, 4) is 11.5 Å². The lowest BCUT2D eigenvalue weighted by molar-refractivity contribution is 0.254. The Kier molecular flexibility index (Phi) is 3.74. The Hall–Kier alpha value is -1.42. The summed E-state index contributed by atoms with van der Waals surface area (Å²) in [7, 11) is 5.68. The first-order valence-corrected chi connectivity index (χ1v) is 7.78. The Morgan fingerprint density at radius 2 is 2.19 bits per heavy atom. The minimum absolute atomic E-state index is 0. The van der Waals surface area contributed by atoms with Crippen molar-refractivity contribution in [2.75, 3.05) is 39.7 Å². The maximum atomic E-state index is 5.53. The molecule has 1 N–H and O–H groups in total. The minimum Gasteiger partial charge on any atom is -0.497 e. The highest BCUT2D eigenvalue weighted by Crippen LogP contribution is 2.47. The molecule has 2 aliphatic rings. The van der Waals surface area contributed by atoms with Crippen LogP contribution in [-0.4, -0.2) is 45.3 Å². The van der Waals surface area contributed by atoms with Crippen LogP contribution in [0.25, 0.3) is 0 Å². The van der Waals surface area contributed by atoms with E-state index in [1.165, 1.54) is 31.4 Å². The Bertz CT molecular complexity index is 538. The van der Waals surface area contributed by atoms with Crippen LogP contribution >= 0.6 is 0 Å². The van der Waals surface area contributed by atoms with E-state index in [-0.39, 0.29) is 6.84 Å². The van der Waals surface area contributed by atoms with Crippen LogP contribution in [0.1, 0.15) is 33.2 Å². The molecule has 1 fully saturated rings. The van der Waals surface area contributed by atoms with E-state index < -0.39 is 0 Å². The standard InChI is InChI=1S/C17H26N2O2.H2/c1-17(10-12-6-5-7-19(12)2)11-18-16-14(17)8-13(20-3)9-15(16)21-4;/h8-9,12,18H,5-7,10-11H2,1-4H3;1H/t12-,17?;/m1./s1. The van der Waals surface area contributed by atoms with Gasteiger partial charge in [0.1, 0.15) is 11.5 Å². The lowest BCUT2D eigenvalue weighted by atomic mass is 9.78. The average molecular weight is 292 g/mol. The van der Waals surface area contributed by atoms with E-state index in [2.05, 4.69) is 30.3 Å². The number of rotatable bonds is 4. The van der Waals surface area contributed by atoms with Gasteiger partial charge in [0, 0.05) is 25.5 Å². The maximum Gasteiger partial charge on any atom is 0.145 e. The van der Waals surface area contributed by atoms with Crippen LogP contribution in [0.15, 0.2) is 12.1 Å². The Morgan fingerprint density at radius 1 is 1.38 bits per heavy atom. The first-order chi connectivity index (χ1) is 10.1. The predicted molar refractivity (Wildman–Crippen MR) is 87.8 cm³/mol. The van der Waals surface area contributed by atoms with E-state index in [1.807, 2.05) is 6.07 Å². The molecule has 0 bridgehead atoms. The predicted octanol–water partition coefficient (Wildman–Crippen LogP) is 3.12. The zero-order valence-electron chi connectivity index (χ0n) is 13.5. The number of fused-ring (bicyclic) bond motifs is 1. The number of nitrogens with one attached hydrogen (secondary N) is 1. The van der Waals surface area contributed by atoms with Crippen molar-refractivity contribution in [2.45, 2.75) is 37.6 Å². The SMILES string of the molecule is COc1cc(OC)c2c(c1)C(C)(C[C@H]1CCCN1C)CN2.[HH]. The molecule has 4 heteroatoms. The molecule has 0 radical (unpaired) electrons. The van der Waals surface area contributed by atoms with Crippen molar-refractivity contribution >= 4 is 5.69 Å². The number of hydrogen-bond acceptors (Lipinski definition) is 4. The van der Waals surface area contributed by atoms with Gasteiger partial charge in [0.2, 0.25) is 0 Å². The van der Waals surface area contributed by atoms with Gasteiger partial charge in [-0.15, -0.1) is 0 Å². The second-order valence-corrected chi connectivity index (χ2v) is 6.65. The first-order valence-electron chi connectivity index (χ1n) is 7.78. The van der Waals surface area contributed by atoms with Gasteiger partial charge in [0.15, 0.2) is 0 Å². The molecule has 0 amide bonds. The molecule has 0 spiro atoms. The first kappa shape index (κ1) is 14.5. The van der Waals surface area contributed by atoms with Crippen LogP contribution < -0.4 is 14.8 Å². The molecule has 2 atom stereocenters. The van der Waals surface area contributed by atoms with Gasteiger partial charge < -0.3 is 19.7 Å².